The van der Waals surface area contributed by atoms with E-state index in [2.05, 4.69) is 0 Å². The Bertz CT molecular complexity index is 210. The number of hydrogen-bond acceptors (Lipinski definition) is 1. The zero-order chi connectivity index (χ0) is 7.40. The fraction of sp³-hybridized carbons (Fsp3) is 0.125. The van der Waals surface area contributed by atoms with Crippen LogP contribution in [-0.2, 0) is 0 Å². The van der Waals surface area contributed by atoms with E-state index in [0.29, 0.717) is 0 Å². The maximum atomic E-state index is 5.24. The predicted octanol–water partition coefficient (Wildman–Crippen LogP) is 2.73. The minimum absolute atomic E-state index is 0.773. The van der Waals surface area contributed by atoms with E-state index in [-0.39, 0.29) is 0 Å². The van der Waals surface area contributed by atoms with Gasteiger partial charge in [0.2, 0.25) is 6.07 Å². The zero-order valence-electron chi connectivity index (χ0n) is 5.67. The zero-order valence-corrected chi connectivity index (χ0v) is 6.43. The lowest BCUT2D eigenvalue weighted by atomic mass is 10.2. The summed E-state index contributed by atoms with van der Waals surface area (Å²) >= 11 is 5.24. The molecule has 1 nitrogen and oxygen atoms in total. The number of ether oxygens (including phenoxy) is 1. The smallest absolute Gasteiger partial charge is 0.222 e. The molecule has 1 aromatic carbocycles. The largest absolute Gasteiger partial charge is 0.469 e. The van der Waals surface area contributed by atoms with Crippen molar-refractivity contribution in [2.75, 3.05) is 0 Å². The molecule has 0 bridgehead atoms. The van der Waals surface area contributed by atoms with Crippen molar-refractivity contribution in [2.45, 2.75) is 6.92 Å². The number of aryl methyl sites for hydroxylation is 1. The first kappa shape index (κ1) is 7.42. The molecule has 0 aliphatic heterocycles. The Hall–Kier alpha value is -0.690. The molecule has 0 aliphatic carbocycles. The molecule has 0 heterocycles. The Labute approximate surface area is 65.6 Å². The lowest BCUT2D eigenvalue weighted by molar-refractivity contribution is 0.453. The minimum Gasteiger partial charge on any atom is -0.469 e. The number of hydrogen-bond donors (Lipinski definition) is 0. The molecule has 0 aliphatic rings. The highest BCUT2D eigenvalue weighted by molar-refractivity contribution is 6.22. The van der Waals surface area contributed by atoms with Gasteiger partial charge in [-0.05, 0) is 24.6 Å². The van der Waals surface area contributed by atoms with Crippen LogP contribution in [0, 0.1) is 13.0 Å². The van der Waals surface area contributed by atoms with Crippen LogP contribution in [0.25, 0.3) is 0 Å². The lowest BCUT2D eigenvalue weighted by Crippen LogP contribution is -1.82. The van der Waals surface area contributed by atoms with Crippen LogP contribution in [-0.4, -0.2) is 0 Å². The summed E-state index contributed by atoms with van der Waals surface area (Å²) < 4.78 is 4.93. The van der Waals surface area contributed by atoms with Crippen molar-refractivity contribution < 1.29 is 4.74 Å². The van der Waals surface area contributed by atoms with Crippen LogP contribution >= 0.6 is 11.6 Å². The molecule has 0 amide bonds. The second kappa shape index (κ2) is 3.47. The van der Waals surface area contributed by atoms with E-state index < -0.39 is 0 Å². The molecule has 10 heavy (non-hydrogen) atoms. The first-order chi connectivity index (χ1) is 4.83. The fourth-order valence-electron chi connectivity index (χ4n) is 0.740. The molecular formula is C8H8ClO. The Morgan fingerprint density at radius 1 is 1.50 bits per heavy atom. The van der Waals surface area contributed by atoms with Crippen LogP contribution in [0.1, 0.15) is 5.56 Å². The maximum absolute atomic E-state index is 5.24. The van der Waals surface area contributed by atoms with Gasteiger partial charge in [-0.15, -0.1) is 0 Å². The van der Waals surface area contributed by atoms with E-state index in [9.17, 15) is 0 Å². The van der Waals surface area contributed by atoms with Gasteiger partial charge in [0, 0.05) is 0 Å². The Morgan fingerprint density at radius 3 is 2.90 bits per heavy atom. The molecule has 0 atom stereocenters. The monoisotopic (exact) mass is 155 g/mol. The third-order valence-corrected chi connectivity index (χ3v) is 1.26. The Balaban J connectivity index is 2.75. The number of halogens is 1. The van der Waals surface area contributed by atoms with Crippen molar-refractivity contribution in [1.82, 2.24) is 0 Å². The summed E-state index contributed by atoms with van der Waals surface area (Å²) in [4.78, 5) is 0. The summed E-state index contributed by atoms with van der Waals surface area (Å²) in [6, 6.07) is 8.84. The van der Waals surface area contributed by atoms with Gasteiger partial charge in [0.1, 0.15) is 5.75 Å². The molecule has 0 saturated carbocycles. The highest BCUT2D eigenvalue weighted by Gasteiger charge is 1.90. The summed E-state index contributed by atoms with van der Waals surface area (Å²) in [6.07, 6.45) is 0. The van der Waals surface area contributed by atoms with Crippen molar-refractivity contribution in [3.05, 3.63) is 35.9 Å². The van der Waals surface area contributed by atoms with Gasteiger partial charge in [-0.1, -0.05) is 23.7 Å². The van der Waals surface area contributed by atoms with Crippen molar-refractivity contribution in [3.63, 3.8) is 0 Å². The van der Waals surface area contributed by atoms with Gasteiger partial charge < -0.3 is 4.74 Å². The van der Waals surface area contributed by atoms with Gasteiger partial charge in [-0.2, -0.15) is 0 Å². The molecular weight excluding hydrogens is 148 g/mol. The van der Waals surface area contributed by atoms with E-state index in [1.54, 1.807) is 0 Å². The van der Waals surface area contributed by atoms with Crippen molar-refractivity contribution in [1.29, 1.82) is 0 Å². The van der Waals surface area contributed by atoms with E-state index >= 15 is 0 Å². The molecule has 1 radical (unpaired) electrons. The van der Waals surface area contributed by atoms with Gasteiger partial charge >= 0.3 is 0 Å². The van der Waals surface area contributed by atoms with Crippen molar-refractivity contribution in [3.8, 4) is 5.75 Å². The molecule has 1 aromatic rings. The van der Waals surface area contributed by atoms with Crippen molar-refractivity contribution >= 4 is 11.6 Å². The maximum Gasteiger partial charge on any atom is 0.222 e. The Morgan fingerprint density at radius 2 is 2.30 bits per heavy atom. The van der Waals surface area contributed by atoms with E-state index in [4.69, 9.17) is 16.3 Å². The van der Waals surface area contributed by atoms with Gasteiger partial charge in [-0.25, -0.2) is 0 Å². The first-order valence-corrected chi connectivity index (χ1v) is 3.42. The summed E-state index contributed by atoms with van der Waals surface area (Å²) in [5.74, 6) is 0.773. The SMILES string of the molecule is Cc1cccc(O[CH]Cl)c1. The molecule has 1 rings (SSSR count). The minimum atomic E-state index is 0.773. The molecule has 2 heteroatoms. The molecule has 0 fully saturated rings. The van der Waals surface area contributed by atoms with Gasteiger partial charge in [0.05, 0.1) is 0 Å². The van der Waals surface area contributed by atoms with Gasteiger partial charge in [-0.3, -0.25) is 0 Å². The number of rotatable bonds is 2. The fourth-order valence-corrected chi connectivity index (χ4v) is 0.843. The summed E-state index contributed by atoms with van der Waals surface area (Å²) in [5, 5.41) is 0. The van der Waals surface area contributed by atoms with Crippen LogP contribution in [0.2, 0.25) is 0 Å². The average molecular weight is 156 g/mol. The molecule has 53 valence electrons. The summed E-state index contributed by atoms with van der Waals surface area (Å²) in [6.45, 7) is 2.00. The number of benzene rings is 1. The standard InChI is InChI=1S/C8H8ClO/c1-7-3-2-4-8(5-7)10-6-9/h2-6H,1H3. The van der Waals surface area contributed by atoms with Crippen molar-refractivity contribution in [2.24, 2.45) is 0 Å². The van der Waals surface area contributed by atoms with E-state index in [0.717, 1.165) is 17.4 Å². The highest BCUT2D eigenvalue weighted by Crippen LogP contribution is 2.13. The third kappa shape index (κ3) is 1.92. The molecule has 0 saturated heterocycles. The van der Waals surface area contributed by atoms with Crippen LogP contribution in [0.5, 0.6) is 5.75 Å². The van der Waals surface area contributed by atoms with Crippen LogP contribution in [0.15, 0.2) is 24.3 Å². The average Bonchev–Trinajstić information content (AvgIpc) is 1.88. The van der Waals surface area contributed by atoms with E-state index in [1.807, 2.05) is 31.2 Å². The predicted molar refractivity (Wildman–Crippen MR) is 42.0 cm³/mol. The van der Waals surface area contributed by atoms with Crippen LogP contribution in [0.3, 0.4) is 0 Å². The molecule has 0 spiro atoms. The Kier molecular flexibility index (Phi) is 2.57. The third-order valence-electron chi connectivity index (χ3n) is 1.17. The van der Waals surface area contributed by atoms with E-state index in [1.165, 1.54) is 0 Å². The van der Waals surface area contributed by atoms with Crippen LogP contribution in [0.4, 0.5) is 0 Å². The highest BCUT2D eigenvalue weighted by atomic mass is 35.5. The molecule has 0 aromatic heterocycles. The normalized spacial score (nSPS) is 9.40. The second-order valence-electron chi connectivity index (χ2n) is 2.02. The lowest BCUT2D eigenvalue weighted by Gasteiger charge is -1.99. The van der Waals surface area contributed by atoms with Gasteiger partial charge in [0.15, 0.2) is 0 Å². The van der Waals surface area contributed by atoms with Gasteiger partial charge in [0.25, 0.3) is 0 Å². The first-order valence-electron chi connectivity index (χ1n) is 2.98. The summed E-state index contributed by atoms with van der Waals surface area (Å²) in [5.41, 5.74) is 1.16. The molecule has 0 unspecified atom stereocenters. The topological polar surface area (TPSA) is 9.23 Å². The summed E-state index contributed by atoms with van der Waals surface area (Å²) in [7, 11) is 0. The quantitative estimate of drug-likeness (QED) is 0.638. The van der Waals surface area contributed by atoms with Crippen LogP contribution < -0.4 is 4.74 Å². The second-order valence-corrected chi connectivity index (χ2v) is 2.20. The molecule has 0 N–H and O–H groups in total.